The summed E-state index contributed by atoms with van der Waals surface area (Å²) in [6, 6.07) is 6.50. The summed E-state index contributed by atoms with van der Waals surface area (Å²) in [4.78, 5) is 28.9. The van der Waals surface area contributed by atoms with E-state index in [1.807, 2.05) is 41.8 Å². The Morgan fingerprint density at radius 3 is 2.38 bits per heavy atom. The molecule has 0 radical (unpaired) electrons. The van der Waals surface area contributed by atoms with Crippen LogP contribution in [0.25, 0.3) is 0 Å². The maximum atomic E-state index is 12.8. The minimum atomic E-state index is -0.163. The number of likely N-dealkylation sites (tertiary alicyclic amines) is 2. The second kappa shape index (κ2) is 6.93. The molecule has 0 spiro atoms. The van der Waals surface area contributed by atoms with Crippen molar-refractivity contribution in [3.05, 3.63) is 29.3 Å². The lowest BCUT2D eigenvalue weighted by molar-refractivity contribution is -0.144. The number of para-hydroxylation sites is 1. The Morgan fingerprint density at radius 1 is 1.08 bits per heavy atom. The number of carbonyl (C=O) groups excluding carboxylic acids is 2. The van der Waals surface area contributed by atoms with E-state index in [4.69, 9.17) is 4.74 Å². The van der Waals surface area contributed by atoms with Gasteiger partial charge in [0, 0.05) is 19.0 Å². The second-order valence-electron chi connectivity index (χ2n) is 8.09. The van der Waals surface area contributed by atoms with Crippen LogP contribution in [0, 0.1) is 19.8 Å². The zero-order valence-electron chi connectivity index (χ0n) is 15.7. The summed E-state index contributed by atoms with van der Waals surface area (Å²) in [5, 5.41) is 0. The van der Waals surface area contributed by atoms with Crippen LogP contribution in [0.5, 0.6) is 5.75 Å². The van der Waals surface area contributed by atoms with E-state index in [2.05, 4.69) is 0 Å². The van der Waals surface area contributed by atoms with Gasteiger partial charge < -0.3 is 14.5 Å². The van der Waals surface area contributed by atoms with Gasteiger partial charge in [-0.25, -0.2) is 0 Å². The topological polar surface area (TPSA) is 49.9 Å². The van der Waals surface area contributed by atoms with Crippen LogP contribution in [0.15, 0.2) is 18.2 Å². The number of rotatable bonds is 4. The highest BCUT2D eigenvalue weighted by molar-refractivity contribution is 5.89. The zero-order chi connectivity index (χ0) is 18.3. The summed E-state index contributed by atoms with van der Waals surface area (Å²) in [5.74, 6) is 1.07. The van der Waals surface area contributed by atoms with Crippen LogP contribution in [0.2, 0.25) is 0 Å². The molecule has 3 fully saturated rings. The lowest BCUT2D eigenvalue weighted by Crippen LogP contribution is -2.58. The highest BCUT2D eigenvalue weighted by Crippen LogP contribution is 2.32. The van der Waals surface area contributed by atoms with Crippen molar-refractivity contribution in [3.63, 3.8) is 0 Å². The van der Waals surface area contributed by atoms with Gasteiger partial charge in [-0.15, -0.1) is 0 Å². The Kier molecular flexibility index (Phi) is 4.63. The van der Waals surface area contributed by atoms with Gasteiger partial charge in [-0.1, -0.05) is 31.0 Å². The highest BCUT2D eigenvalue weighted by Gasteiger charge is 2.43. The number of carbonyl (C=O) groups is 2. The number of hydrogen-bond donors (Lipinski definition) is 0. The van der Waals surface area contributed by atoms with E-state index >= 15 is 0 Å². The fraction of sp³-hybridized carbons (Fsp3) is 0.619. The van der Waals surface area contributed by atoms with Gasteiger partial charge in [-0.05, 0) is 37.8 Å². The van der Waals surface area contributed by atoms with Gasteiger partial charge in [0.1, 0.15) is 11.9 Å². The molecule has 5 heteroatoms. The number of ether oxygens (including phenoxy) is 1. The Labute approximate surface area is 155 Å². The summed E-state index contributed by atoms with van der Waals surface area (Å²) >= 11 is 0. The lowest BCUT2D eigenvalue weighted by Gasteiger charge is -2.40. The fourth-order valence-corrected chi connectivity index (χ4v) is 4.57. The molecule has 5 nitrogen and oxygen atoms in total. The lowest BCUT2D eigenvalue weighted by atomic mass is 10.0. The van der Waals surface area contributed by atoms with E-state index < -0.39 is 0 Å². The van der Waals surface area contributed by atoms with Gasteiger partial charge in [-0.2, -0.15) is 0 Å². The molecule has 26 heavy (non-hydrogen) atoms. The quantitative estimate of drug-likeness (QED) is 0.833. The average Bonchev–Trinajstić information content (AvgIpc) is 3.21. The summed E-state index contributed by atoms with van der Waals surface area (Å²) in [6.45, 7) is 5.96. The minimum absolute atomic E-state index is 0.0572. The van der Waals surface area contributed by atoms with Crippen LogP contribution in [-0.2, 0) is 9.59 Å². The fourth-order valence-electron chi connectivity index (χ4n) is 4.57. The van der Waals surface area contributed by atoms with Crippen LogP contribution in [-0.4, -0.2) is 53.4 Å². The van der Waals surface area contributed by atoms with Crippen molar-refractivity contribution in [2.75, 3.05) is 19.6 Å². The monoisotopic (exact) mass is 356 g/mol. The van der Waals surface area contributed by atoms with E-state index in [9.17, 15) is 9.59 Å². The third-order valence-corrected chi connectivity index (χ3v) is 6.13. The molecule has 0 unspecified atom stereocenters. The Balaban J connectivity index is 1.30. The predicted octanol–water partition coefficient (Wildman–Crippen LogP) is 2.68. The van der Waals surface area contributed by atoms with Crippen molar-refractivity contribution in [1.29, 1.82) is 0 Å². The first-order chi connectivity index (χ1) is 12.5. The molecule has 0 bridgehead atoms. The van der Waals surface area contributed by atoms with Gasteiger partial charge in [0.15, 0.2) is 0 Å². The van der Waals surface area contributed by atoms with Crippen molar-refractivity contribution in [2.24, 2.45) is 5.92 Å². The van der Waals surface area contributed by atoms with Crippen molar-refractivity contribution in [1.82, 2.24) is 9.80 Å². The predicted molar refractivity (Wildman–Crippen MR) is 99.0 cm³/mol. The van der Waals surface area contributed by atoms with Crippen LogP contribution in [0.1, 0.15) is 43.2 Å². The molecule has 1 aromatic rings. The van der Waals surface area contributed by atoms with Gasteiger partial charge in [-0.3, -0.25) is 9.59 Å². The molecule has 1 aromatic carbocycles. The third kappa shape index (κ3) is 3.19. The molecule has 140 valence electrons. The summed E-state index contributed by atoms with van der Waals surface area (Å²) in [5.41, 5.74) is 2.26. The van der Waals surface area contributed by atoms with Crippen LogP contribution in [0.3, 0.4) is 0 Å². The van der Waals surface area contributed by atoms with Crippen molar-refractivity contribution < 1.29 is 14.3 Å². The number of nitrogens with zero attached hydrogens (tertiary/aromatic N) is 2. The van der Waals surface area contributed by atoms with E-state index in [1.54, 1.807) is 0 Å². The first-order valence-corrected chi connectivity index (χ1v) is 9.84. The molecule has 3 aliphatic rings. The van der Waals surface area contributed by atoms with Gasteiger partial charge in [0.2, 0.25) is 11.8 Å². The molecular formula is C21H28N2O3. The first kappa shape index (κ1) is 17.4. The number of amides is 2. The standard InChI is InChI=1S/C21H28N2O3/c1-14-6-5-7-15(2)20(14)26-18-12-22(13-18)21(25)16-10-19(24)23(11-16)17-8-3-4-9-17/h5-7,16-18H,3-4,8-13H2,1-2H3/t16-/m0/s1. The maximum absolute atomic E-state index is 12.8. The summed E-state index contributed by atoms with van der Waals surface area (Å²) < 4.78 is 6.11. The van der Waals surface area contributed by atoms with E-state index in [0.717, 1.165) is 29.7 Å². The molecule has 4 rings (SSSR count). The van der Waals surface area contributed by atoms with Crippen LogP contribution < -0.4 is 4.74 Å². The highest BCUT2D eigenvalue weighted by atomic mass is 16.5. The molecule has 2 saturated heterocycles. The number of hydrogen-bond acceptors (Lipinski definition) is 3. The summed E-state index contributed by atoms with van der Waals surface area (Å²) in [6.07, 6.45) is 5.05. The number of benzene rings is 1. The first-order valence-electron chi connectivity index (χ1n) is 9.84. The van der Waals surface area contributed by atoms with Crippen molar-refractivity contribution in [2.45, 2.75) is 58.1 Å². The van der Waals surface area contributed by atoms with E-state index in [1.165, 1.54) is 12.8 Å². The molecule has 2 heterocycles. The Morgan fingerprint density at radius 2 is 1.73 bits per heavy atom. The third-order valence-electron chi connectivity index (χ3n) is 6.13. The largest absolute Gasteiger partial charge is 0.486 e. The van der Waals surface area contributed by atoms with Crippen molar-refractivity contribution >= 4 is 11.8 Å². The zero-order valence-corrected chi connectivity index (χ0v) is 15.7. The molecular weight excluding hydrogens is 328 g/mol. The van der Waals surface area contributed by atoms with E-state index in [0.29, 0.717) is 32.1 Å². The van der Waals surface area contributed by atoms with Gasteiger partial charge in [0.25, 0.3) is 0 Å². The molecule has 2 amide bonds. The second-order valence-corrected chi connectivity index (χ2v) is 8.09. The molecule has 1 atom stereocenters. The SMILES string of the molecule is Cc1cccc(C)c1OC1CN(C(=O)[C@H]2CC(=O)N(C3CCCC3)C2)C1. The maximum Gasteiger partial charge on any atom is 0.228 e. The molecule has 2 aliphatic heterocycles. The normalized spacial score (nSPS) is 24.2. The average molecular weight is 356 g/mol. The Bertz CT molecular complexity index is 685. The van der Waals surface area contributed by atoms with Crippen LogP contribution in [0.4, 0.5) is 0 Å². The smallest absolute Gasteiger partial charge is 0.228 e. The molecule has 1 saturated carbocycles. The molecule has 0 N–H and O–H groups in total. The Hall–Kier alpha value is -2.04. The number of aryl methyl sites for hydroxylation is 2. The summed E-state index contributed by atoms with van der Waals surface area (Å²) in [7, 11) is 0. The van der Waals surface area contributed by atoms with Crippen molar-refractivity contribution in [3.8, 4) is 5.75 Å². The molecule has 0 aromatic heterocycles. The van der Waals surface area contributed by atoms with Crippen LogP contribution >= 0.6 is 0 Å². The van der Waals surface area contributed by atoms with E-state index in [-0.39, 0.29) is 23.8 Å². The minimum Gasteiger partial charge on any atom is -0.486 e. The van der Waals surface area contributed by atoms with Gasteiger partial charge in [0.05, 0.1) is 19.0 Å². The molecule has 1 aliphatic carbocycles. The van der Waals surface area contributed by atoms with Gasteiger partial charge >= 0.3 is 0 Å².